The summed E-state index contributed by atoms with van der Waals surface area (Å²) in [6.07, 6.45) is 1.11. The van der Waals surface area contributed by atoms with E-state index in [1.165, 1.54) is 0 Å². The molecule has 1 unspecified atom stereocenters. The van der Waals surface area contributed by atoms with E-state index >= 15 is 0 Å². The van der Waals surface area contributed by atoms with Gasteiger partial charge in [-0.3, -0.25) is 4.98 Å². The molecule has 0 bridgehead atoms. The summed E-state index contributed by atoms with van der Waals surface area (Å²) in [6, 6.07) is 15.8. The molecule has 2 rings (SSSR count). The highest BCUT2D eigenvalue weighted by Gasteiger charge is 2.07. The standard InChI is InChI=1S/C15H17NO/c1-12-6-5-9-14(16-12)10-11-15(17)13-7-3-2-4-8-13/h2-9,15,17H,10-11H2,1H3. The second-order valence-electron chi connectivity index (χ2n) is 4.24. The van der Waals surface area contributed by atoms with Crippen molar-refractivity contribution in [1.29, 1.82) is 0 Å². The van der Waals surface area contributed by atoms with Crippen molar-refractivity contribution in [3.8, 4) is 0 Å². The van der Waals surface area contributed by atoms with Crippen molar-refractivity contribution in [3.05, 3.63) is 65.5 Å². The Morgan fingerprint density at radius 1 is 1.06 bits per heavy atom. The van der Waals surface area contributed by atoms with Crippen LogP contribution in [0.2, 0.25) is 0 Å². The van der Waals surface area contributed by atoms with Gasteiger partial charge in [0.15, 0.2) is 0 Å². The molecule has 1 aromatic carbocycles. The normalized spacial score (nSPS) is 12.4. The minimum absolute atomic E-state index is 0.404. The molecule has 0 saturated heterocycles. The van der Waals surface area contributed by atoms with E-state index in [1.807, 2.05) is 55.5 Å². The smallest absolute Gasteiger partial charge is 0.0793 e. The number of hydrogen-bond donors (Lipinski definition) is 1. The zero-order valence-corrected chi connectivity index (χ0v) is 10.0. The minimum Gasteiger partial charge on any atom is -0.388 e. The molecule has 17 heavy (non-hydrogen) atoms. The van der Waals surface area contributed by atoms with E-state index in [-0.39, 0.29) is 0 Å². The van der Waals surface area contributed by atoms with Gasteiger partial charge in [-0.1, -0.05) is 36.4 Å². The molecule has 88 valence electrons. The Labute approximate surface area is 102 Å². The predicted molar refractivity (Wildman–Crippen MR) is 68.7 cm³/mol. The van der Waals surface area contributed by atoms with E-state index in [9.17, 15) is 5.11 Å². The molecule has 2 nitrogen and oxygen atoms in total. The Kier molecular flexibility index (Phi) is 3.89. The molecule has 0 aliphatic heterocycles. The summed E-state index contributed by atoms with van der Waals surface area (Å²) in [7, 11) is 0. The maximum Gasteiger partial charge on any atom is 0.0793 e. The quantitative estimate of drug-likeness (QED) is 0.870. The second kappa shape index (κ2) is 5.60. The van der Waals surface area contributed by atoms with E-state index < -0.39 is 6.10 Å². The van der Waals surface area contributed by atoms with Crippen LogP contribution in [0.3, 0.4) is 0 Å². The van der Waals surface area contributed by atoms with E-state index in [1.54, 1.807) is 0 Å². The lowest BCUT2D eigenvalue weighted by atomic mass is 10.0. The minimum atomic E-state index is -0.404. The Morgan fingerprint density at radius 3 is 2.53 bits per heavy atom. The van der Waals surface area contributed by atoms with Gasteiger partial charge in [-0.25, -0.2) is 0 Å². The number of nitrogens with zero attached hydrogens (tertiary/aromatic N) is 1. The lowest BCUT2D eigenvalue weighted by molar-refractivity contribution is 0.167. The summed E-state index contributed by atoms with van der Waals surface area (Å²) < 4.78 is 0. The number of pyridine rings is 1. The largest absolute Gasteiger partial charge is 0.388 e. The van der Waals surface area contributed by atoms with E-state index in [0.717, 1.165) is 23.4 Å². The summed E-state index contributed by atoms with van der Waals surface area (Å²) in [5, 5.41) is 10.0. The highest BCUT2D eigenvalue weighted by Crippen LogP contribution is 2.17. The van der Waals surface area contributed by atoms with Crippen LogP contribution in [0, 0.1) is 6.92 Å². The lowest BCUT2D eigenvalue weighted by Gasteiger charge is -2.10. The van der Waals surface area contributed by atoms with Crippen molar-refractivity contribution in [1.82, 2.24) is 4.98 Å². The first-order valence-electron chi connectivity index (χ1n) is 5.91. The Balaban J connectivity index is 1.95. The molecule has 1 N–H and O–H groups in total. The number of aryl methyl sites for hydroxylation is 2. The van der Waals surface area contributed by atoms with Gasteiger partial charge in [0.25, 0.3) is 0 Å². The van der Waals surface area contributed by atoms with Crippen LogP contribution < -0.4 is 0 Å². The predicted octanol–water partition coefficient (Wildman–Crippen LogP) is 3.06. The van der Waals surface area contributed by atoms with Crippen molar-refractivity contribution in [3.63, 3.8) is 0 Å². The lowest BCUT2D eigenvalue weighted by Crippen LogP contribution is -2.01. The van der Waals surface area contributed by atoms with Crippen LogP contribution in [0.4, 0.5) is 0 Å². The molecule has 1 heterocycles. The topological polar surface area (TPSA) is 33.1 Å². The number of aromatic nitrogens is 1. The third-order valence-corrected chi connectivity index (χ3v) is 2.80. The van der Waals surface area contributed by atoms with Gasteiger partial charge in [0.05, 0.1) is 6.10 Å². The van der Waals surface area contributed by atoms with E-state index in [4.69, 9.17) is 0 Å². The highest BCUT2D eigenvalue weighted by molar-refractivity contribution is 5.18. The van der Waals surface area contributed by atoms with E-state index in [2.05, 4.69) is 4.98 Å². The summed E-state index contributed by atoms with van der Waals surface area (Å²) in [5.41, 5.74) is 3.04. The monoisotopic (exact) mass is 227 g/mol. The molecule has 0 radical (unpaired) electrons. The van der Waals surface area contributed by atoms with Gasteiger partial charge >= 0.3 is 0 Å². The van der Waals surface area contributed by atoms with Gasteiger partial charge in [-0.05, 0) is 37.5 Å². The van der Waals surface area contributed by atoms with Crippen molar-refractivity contribution >= 4 is 0 Å². The number of hydrogen-bond acceptors (Lipinski definition) is 2. The fourth-order valence-electron chi connectivity index (χ4n) is 1.87. The zero-order chi connectivity index (χ0) is 12.1. The van der Waals surface area contributed by atoms with Crippen molar-refractivity contribution < 1.29 is 5.11 Å². The highest BCUT2D eigenvalue weighted by atomic mass is 16.3. The molecule has 0 fully saturated rings. The van der Waals surface area contributed by atoms with E-state index in [0.29, 0.717) is 6.42 Å². The van der Waals surface area contributed by atoms with Crippen molar-refractivity contribution in [2.24, 2.45) is 0 Å². The molecule has 2 heteroatoms. The van der Waals surface area contributed by atoms with Crippen LogP contribution in [0.1, 0.15) is 29.5 Å². The molecule has 0 amide bonds. The zero-order valence-electron chi connectivity index (χ0n) is 10.0. The van der Waals surface area contributed by atoms with Gasteiger partial charge in [0.1, 0.15) is 0 Å². The molecular formula is C15H17NO. The maximum absolute atomic E-state index is 10.0. The van der Waals surface area contributed by atoms with Crippen LogP contribution in [-0.2, 0) is 6.42 Å². The van der Waals surface area contributed by atoms with Gasteiger partial charge < -0.3 is 5.11 Å². The van der Waals surface area contributed by atoms with Crippen molar-refractivity contribution in [2.45, 2.75) is 25.9 Å². The molecule has 0 aliphatic rings. The number of benzene rings is 1. The first-order valence-corrected chi connectivity index (χ1v) is 5.91. The molecular weight excluding hydrogens is 210 g/mol. The third-order valence-electron chi connectivity index (χ3n) is 2.80. The number of aliphatic hydroxyl groups is 1. The fourth-order valence-corrected chi connectivity index (χ4v) is 1.87. The second-order valence-corrected chi connectivity index (χ2v) is 4.24. The maximum atomic E-state index is 10.0. The van der Waals surface area contributed by atoms with Crippen LogP contribution in [0.25, 0.3) is 0 Å². The van der Waals surface area contributed by atoms with Crippen LogP contribution in [0.5, 0.6) is 0 Å². The number of rotatable bonds is 4. The average molecular weight is 227 g/mol. The van der Waals surface area contributed by atoms with Gasteiger partial charge in [-0.2, -0.15) is 0 Å². The van der Waals surface area contributed by atoms with Gasteiger partial charge in [0, 0.05) is 11.4 Å². The summed E-state index contributed by atoms with van der Waals surface area (Å²) in [6.45, 7) is 1.98. The Hall–Kier alpha value is -1.67. The first kappa shape index (κ1) is 11.8. The summed E-state index contributed by atoms with van der Waals surface area (Å²) in [5.74, 6) is 0. The molecule has 2 aromatic rings. The Bertz CT molecular complexity index is 467. The summed E-state index contributed by atoms with van der Waals surface area (Å²) in [4.78, 5) is 4.43. The average Bonchev–Trinajstić information content (AvgIpc) is 2.37. The van der Waals surface area contributed by atoms with Gasteiger partial charge in [0.2, 0.25) is 0 Å². The van der Waals surface area contributed by atoms with Crippen molar-refractivity contribution in [2.75, 3.05) is 0 Å². The number of aliphatic hydroxyl groups excluding tert-OH is 1. The Morgan fingerprint density at radius 2 is 1.82 bits per heavy atom. The van der Waals surface area contributed by atoms with Crippen LogP contribution in [-0.4, -0.2) is 10.1 Å². The third kappa shape index (κ3) is 3.40. The first-order chi connectivity index (χ1) is 8.25. The SMILES string of the molecule is Cc1cccc(CCC(O)c2ccccc2)n1. The fraction of sp³-hybridized carbons (Fsp3) is 0.267. The molecule has 0 aliphatic carbocycles. The molecule has 0 saturated carbocycles. The molecule has 1 aromatic heterocycles. The van der Waals surface area contributed by atoms with Crippen LogP contribution >= 0.6 is 0 Å². The molecule has 1 atom stereocenters. The van der Waals surface area contributed by atoms with Gasteiger partial charge in [-0.15, -0.1) is 0 Å². The summed E-state index contributed by atoms with van der Waals surface area (Å²) >= 11 is 0. The van der Waals surface area contributed by atoms with Crippen LogP contribution in [0.15, 0.2) is 48.5 Å². The molecule has 0 spiro atoms.